The van der Waals surface area contributed by atoms with E-state index in [1.54, 1.807) is 23.5 Å². The monoisotopic (exact) mass is 372 g/mol. The molecule has 0 fully saturated rings. The van der Waals surface area contributed by atoms with Crippen LogP contribution in [0.4, 0.5) is 5.69 Å². The van der Waals surface area contributed by atoms with Crippen LogP contribution in [0.3, 0.4) is 0 Å². The van der Waals surface area contributed by atoms with E-state index in [4.69, 9.17) is 4.74 Å². The van der Waals surface area contributed by atoms with Crippen molar-refractivity contribution in [2.75, 3.05) is 11.5 Å². The summed E-state index contributed by atoms with van der Waals surface area (Å²) in [5, 5.41) is 3.02. The number of hydrogen-bond donors (Lipinski definition) is 0. The second-order valence-electron chi connectivity index (χ2n) is 6.24. The number of fused-ring (bicyclic) bond motifs is 1. The van der Waals surface area contributed by atoms with Gasteiger partial charge in [-0.25, -0.2) is 4.98 Å². The number of carbonyl (C=O) groups is 3. The molecule has 0 radical (unpaired) electrons. The molecule has 1 aliphatic rings. The van der Waals surface area contributed by atoms with Gasteiger partial charge in [-0.2, -0.15) is 0 Å². The molecule has 136 valence electrons. The van der Waals surface area contributed by atoms with Gasteiger partial charge in [-0.1, -0.05) is 6.92 Å². The summed E-state index contributed by atoms with van der Waals surface area (Å²) in [6.45, 7) is 4.54. The third-order valence-electron chi connectivity index (χ3n) is 4.18. The molecular weight excluding hydrogens is 352 g/mol. The number of hydrogen-bond acceptors (Lipinski definition) is 6. The van der Waals surface area contributed by atoms with E-state index >= 15 is 0 Å². The third kappa shape index (κ3) is 3.39. The predicted octanol–water partition coefficient (Wildman–Crippen LogP) is 3.03. The SMILES string of the molecule is CCCc1nc(-c2ccc3c(c2)N(C(C(C)=O)C(C)=O)C(=O)CO3)cs1. The highest BCUT2D eigenvalue weighted by Gasteiger charge is 2.37. The van der Waals surface area contributed by atoms with Gasteiger partial charge in [-0.3, -0.25) is 19.3 Å². The Hall–Kier alpha value is -2.54. The number of rotatable bonds is 6. The van der Waals surface area contributed by atoms with E-state index in [0.29, 0.717) is 11.4 Å². The van der Waals surface area contributed by atoms with Crippen LogP contribution in [0.25, 0.3) is 11.3 Å². The molecule has 2 heterocycles. The smallest absolute Gasteiger partial charge is 0.266 e. The molecule has 0 unspecified atom stereocenters. The van der Waals surface area contributed by atoms with E-state index in [0.717, 1.165) is 29.1 Å². The number of aromatic nitrogens is 1. The van der Waals surface area contributed by atoms with Gasteiger partial charge < -0.3 is 4.74 Å². The Morgan fingerprint density at radius 1 is 1.31 bits per heavy atom. The predicted molar refractivity (Wildman–Crippen MR) is 99.7 cm³/mol. The van der Waals surface area contributed by atoms with Gasteiger partial charge in [0, 0.05) is 10.9 Å². The molecule has 26 heavy (non-hydrogen) atoms. The van der Waals surface area contributed by atoms with E-state index < -0.39 is 11.9 Å². The highest BCUT2D eigenvalue weighted by atomic mass is 32.1. The Labute approximate surface area is 155 Å². The van der Waals surface area contributed by atoms with Crippen LogP contribution in [-0.2, 0) is 20.8 Å². The molecule has 0 saturated carbocycles. The van der Waals surface area contributed by atoms with E-state index in [-0.39, 0.29) is 18.2 Å². The molecule has 1 aliphatic heterocycles. The van der Waals surface area contributed by atoms with Gasteiger partial charge in [0.25, 0.3) is 5.91 Å². The standard InChI is InChI=1S/C19H20N2O4S/c1-4-5-17-20-14(10-26-17)13-6-7-16-15(8-13)21(18(24)9-25-16)19(11(2)22)12(3)23/h6-8,10,19H,4-5,9H2,1-3H3. The van der Waals surface area contributed by atoms with Crippen LogP contribution in [0.1, 0.15) is 32.2 Å². The van der Waals surface area contributed by atoms with Gasteiger partial charge in [0.05, 0.1) is 16.4 Å². The van der Waals surface area contributed by atoms with Crippen molar-refractivity contribution in [3.8, 4) is 17.0 Å². The summed E-state index contributed by atoms with van der Waals surface area (Å²) in [6, 6.07) is 4.25. The summed E-state index contributed by atoms with van der Waals surface area (Å²) in [7, 11) is 0. The summed E-state index contributed by atoms with van der Waals surface area (Å²) in [5.41, 5.74) is 2.05. The average molecular weight is 372 g/mol. The fourth-order valence-electron chi connectivity index (χ4n) is 3.04. The molecule has 1 aromatic heterocycles. The lowest BCUT2D eigenvalue weighted by atomic mass is 10.0. The third-order valence-corrected chi connectivity index (χ3v) is 5.09. The van der Waals surface area contributed by atoms with Crippen molar-refractivity contribution in [3.63, 3.8) is 0 Å². The summed E-state index contributed by atoms with van der Waals surface area (Å²) in [5.74, 6) is -0.675. The maximum atomic E-state index is 12.4. The average Bonchev–Trinajstić information content (AvgIpc) is 3.05. The zero-order chi connectivity index (χ0) is 18.8. The molecule has 0 aliphatic carbocycles. The second-order valence-corrected chi connectivity index (χ2v) is 7.18. The van der Waals surface area contributed by atoms with Gasteiger partial charge in [0.15, 0.2) is 24.2 Å². The first-order valence-corrected chi connectivity index (χ1v) is 9.35. The lowest BCUT2D eigenvalue weighted by Crippen LogP contribution is -2.52. The van der Waals surface area contributed by atoms with Crippen molar-refractivity contribution in [2.24, 2.45) is 0 Å². The van der Waals surface area contributed by atoms with Crippen LogP contribution < -0.4 is 9.64 Å². The van der Waals surface area contributed by atoms with Crippen LogP contribution in [-0.4, -0.2) is 35.1 Å². The van der Waals surface area contributed by atoms with Gasteiger partial charge in [-0.15, -0.1) is 11.3 Å². The van der Waals surface area contributed by atoms with Crippen LogP contribution >= 0.6 is 11.3 Å². The van der Waals surface area contributed by atoms with Crippen molar-refractivity contribution < 1.29 is 19.1 Å². The molecule has 3 rings (SSSR count). The number of nitrogens with zero attached hydrogens (tertiary/aromatic N) is 2. The number of Topliss-reactive ketones (excluding diaryl/α,β-unsaturated/α-hetero) is 2. The fraction of sp³-hybridized carbons (Fsp3) is 0.368. The van der Waals surface area contributed by atoms with Crippen molar-refractivity contribution in [3.05, 3.63) is 28.6 Å². The Bertz CT molecular complexity index is 860. The minimum absolute atomic E-state index is 0.194. The number of aryl methyl sites for hydroxylation is 1. The minimum Gasteiger partial charge on any atom is -0.482 e. The maximum Gasteiger partial charge on any atom is 0.266 e. The van der Waals surface area contributed by atoms with E-state index in [2.05, 4.69) is 11.9 Å². The highest BCUT2D eigenvalue weighted by Crippen LogP contribution is 2.37. The second kappa shape index (κ2) is 7.37. The largest absolute Gasteiger partial charge is 0.482 e. The van der Waals surface area contributed by atoms with Gasteiger partial charge in [-0.05, 0) is 44.9 Å². The lowest BCUT2D eigenvalue weighted by molar-refractivity contribution is -0.131. The first-order chi connectivity index (χ1) is 12.4. The van der Waals surface area contributed by atoms with Crippen molar-refractivity contribution in [1.29, 1.82) is 0 Å². The molecule has 2 aromatic rings. The fourth-order valence-corrected chi connectivity index (χ4v) is 3.94. The molecular formula is C19H20N2O4S. The van der Waals surface area contributed by atoms with Crippen LogP contribution in [0, 0.1) is 0 Å². The molecule has 1 aromatic carbocycles. The van der Waals surface area contributed by atoms with E-state index in [9.17, 15) is 14.4 Å². The number of carbonyl (C=O) groups excluding carboxylic acids is 3. The first kappa shape index (κ1) is 18.3. The first-order valence-electron chi connectivity index (χ1n) is 8.47. The summed E-state index contributed by atoms with van der Waals surface area (Å²) >= 11 is 1.59. The molecule has 0 bridgehead atoms. The van der Waals surface area contributed by atoms with Crippen LogP contribution in [0.5, 0.6) is 5.75 Å². The van der Waals surface area contributed by atoms with Crippen molar-refractivity contribution in [2.45, 2.75) is 39.7 Å². The quantitative estimate of drug-likeness (QED) is 0.729. The topological polar surface area (TPSA) is 76.6 Å². The number of ketones is 2. The molecule has 0 spiro atoms. The highest BCUT2D eigenvalue weighted by molar-refractivity contribution is 7.09. The molecule has 6 nitrogen and oxygen atoms in total. The van der Waals surface area contributed by atoms with E-state index in [1.807, 2.05) is 11.4 Å². The van der Waals surface area contributed by atoms with Gasteiger partial charge in [0.2, 0.25) is 0 Å². The molecule has 0 saturated heterocycles. The molecule has 1 amide bonds. The van der Waals surface area contributed by atoms with Gasteiger partial charge >= 0.3 is 0 Å². The number of ether oxygens (including phenoxy) is 1. The summed E-state index contributed by atoms with van der Waals surface area (Å²) in [6.07, 6.45) is 1.94. The van der Waals surface area contributed by atoms with Crippen molar-refractivity contribution >= 4 is 34.5 Å². The molecule has 7 heteroatoms. The minimum atomic E-state index is -1.13. The zero-order valence-corrected chi connectivity index (χ0v) is 15.8. The normalized spacial score (nSPS) is 13.5. The van der Waals surface area contributed by atoms with Crippen molar-refractivity contribution in [1.82, 2.24) is 4.98 Å². The maximum absolute atomic E-state index is 12.4. The number of thiazole rings is 1. The Morgan fingerprint density at radius 2 is 2.04 bits per heavy atom. The lowest BCUT2D eigenvalue weighted by Gasteiger charge is -2.33. The number of amides is 1. The summed E-state index contributed by atoms with van der Waals surface area (Å²) < 4.78 is 5.48. The van der Waals surface area contributed by atoms with Crippen LogP contribution in [0.2, 0.25) is 0 Å². The summed E-state index contributed by atoms with van der Waals surface area (Å²) in [4.78, 5) is 42.3. The number of benzene rings is 1. The van der Waals surface area contributed by atoms with Crippen LogP contribution in [0.15, 0.2) is 23.6 Å². The molecule has 0 atom stereocenters. The van der Waals surface area contributed by atoms with Gasteiger partial charge in [0.1, 0.15) is 5.75 Å². The number of anilines is 1. The van der Waals surface area contributed by atoms with E-state index in [1.165, 1.54) is 18.7 Å². The Kier molecular flexibility index (Phi) is 5.18. The zero-order valence-electron chi connectivity index (χ0n) is 14.9. The Balaban J connectivity index is 2.06. The Morgan fingerprint density at radius 3 is 2.69 bits per heavy atom. The molecule has 0 N–H and O–H groups in total.